The number of allylic oxidation sites excluding steroid dienone is 2. The van der Waals surface area contributed by atoms with Crippen LogP contribution >= 0.6 is 0 Å². The van der Waals surface area contributed by atoms with Gasteiger partial charge >= 0.3 is 0 Å². The molecule has 6 nitrogen and oxygen atoms in total. The van der Waals surface area contributed by atoms with E-state index in [4.69, 9.17) is 0 Å². The van der Waals surface area contributed by atoms with Crippen LogP contribution in [-0.2, 0) is 0 Å². The molecule has 0 saturated heterocycles. The number of nitro groups is 1. The highest BCUT2D eigenvalue weighted by Crippen LogP contribution is 2.50. The Labute approximate surface area is 144 Å². The molecule has 0 radical (unpaired) electrons. The van der Waals surface area contributed by atoms with Crippen molar-refractivity contribution in [2.75, 3.05) is 5.32 Å². The highest BCUT2D eigenvalue weighted by atomic mass is 16.6. The summed E-state index contributed by atoms with van der Waals surface area (Å²) in [6, 6.07) is 11.5. The number of nitrogens with one attached hydrogen (secondary N) is 1. The van der Waals surface area contributed by atoms with Crippen LogP contribution in [0.1, 0.15) is 39.9 Å². The Morgan fingerprint density at radius 3 is 2.60 bits per heavy atom. The van der Waals surface area contributed by atoms with Crippen LogP contribution in [0.4, 0.5) is 11.4 Å². The van der Waals surface area contributed by atoms with E-state index in [1.807, 2.05) is 6.07 Å². The van der Waals surface area contributed by atoms with Gasteiger partial charge in [-0.15, -0.1) is 0 Å². The van der Waals surface area contributed by atoms with Crippen molar-refractivity contribution in [3.63, 3.8) is 0 Å². The first-order valence-corrected chi connectivity index (χ1v) is 8.08. The topological polar surface area (TPSA) is 95.3 Å². The number of nitro benzene ring substituents is 1. The molecular weight excluding hydrogens is 320 g/mol. The maximum Gasteiger partial charge on any atom is 0.269 e. The molecule has 4 rings (SSSR count). The molecule has 2 aromatic rings. The normalized spacial score (nSPS) is 23.4. The Bertz CT molecular complexity index is 889. The second-order valence-electron chi connectivity index (χ2n) is 6.38. The highest BCUT2D eigenvalue weighted by Gasteiger charge is 2.38. The molecule has 6 heteroatoms. The Balaban J connectivity index is 1.78. The molecule has 0 amide bonds. The van der Waals surface area contributed by atoms with E-state index in [0.29, 0.717) is 5.69 Å². The third-order valence-electron chi connectivity index (χ3n) is 5.08. The Morgan fingerprint density at radius 1 is 1.16 bits per heavy atom. The third-order valence-corrected chi connectivity index (χ3v) is 5.08. The summed E-state index contributed by atoms with van der Waals surface area (Å²) >= 11 is 0. The molecule has 1 aliphatic heterocycles. The van der Waals surface area contributed by atoms with Gasteiger partial charge in [0, 0.05) is 29.3 Å². The Morgan fingerprint density at radius 2 is 1.92 bits per heavy atom. The van der Waals surface area contributed by atoms with Gasteiger partial charge in [-0.3, -0.25) is 10.1 Å². The number of fused-ring (bicyclic) bond motifs is 3. The summed E-state index contributed by atoms with van der Waals surface area (Å²) in [6.07, 6.45) is 5.09. The number of non-ortho nitro benzene ring substituents is 1. The molecule has 25 heavy (non-hydrogen) atoms. The summed E-state index contributed by atoms with van der Waals surface area (Å²) in [5.41, 5.74) is 2.63. The molecule has 1 N–H and O–H groups in total. The Kier molecular flexibility index (Phi) is 3.53. The largest absolute Gasteiger partial charge is 0.545 e. The van der Waals surface area contributed by atoms with Crippen LogP contribution in [0.5, 0.6) is 0 Å². The zero-order chi connectivity index (χ0) is 17.6. The van der Waals surface area contributed by atoms with Crippen LogP contribution < -0.4 is 10.4 Å². The van der Waals surface area contributed by atoms with Gasteiger partial charge < -0.3 is 15.2 Å². The number of hydrogen-bond donors (Lipinski definition) is 1. The van der Waals surface area contributed by atoms with Crippen molar-refractivity contribution < 1.29 is 14.8 Å². The van der Waals surface area contributed by atoms with E-state index in [2.05, 4.69) is 17.5 Å². The van der Waals surface area contributed by atoms with Crippen molar-refractivity contribution in [2.45, 2.75) is 18.4 Å². The molecule has 2 aliphatic rings. The van der Waals surface area contributed by atoms with E-state index in [-0.39, 0.29) is 29.1 Å². The van der Waals surface area contributed by atoms with E-state index >= 15 is 0 Å². The second-order valence-corrected chi connectivity index (χ2v) is 6.38. The quantitative estimate of drug-likeness (QED) is 0.529. The number of nitrogens with zero attached hydrogens (tertiary/aromatic N) is 1. The number of para-hydroxylation sites is 1. The molecule has 0 fully saturated rings. The van der Waals surface area contributed by atoms with Gasteiger partial charge in [-0.1, -0.05) is 42.5 Å². The van der Waals surface area contributed by atoms with Crippen LogP contribution in [0.2, 0.25) is 0 Å². The number of aromatic carboxylic acids is 1. The van der Waals surface area contributed by atoms with Gasteiger partial charge in [0.2, 0.25) is 0 Å². The fourth-order valence-corrected chi connectivity index (χ4v) is 3.92. The summed E-state index contributed by atoms with van der Waals surface area (Å²) in [5, 5.41) is 25.7. The standard InChI is InChI=1S/C19H16N2O4/c22-19(23)16-6-2-5-15-13-3-1-4-14(13)17(20-18(15)16)11-7-9-12(10-8-11)21(24)25/h1-3,5-10,13-14,17,20H,4H2,(H,22,23)/p-1/t13-,14-,17-/m0/s1. The van der Waals surface area contributed by atoms with Gasteiger partial charge in [-0.2, -0.15) is 0 Å². The fourth-order valence-electron chi connectivity index (χ4n) is 3.92. The molecule has 1 aliphatic carbocycles. The van der Waals surface area contributed by atoms with Crippen LogP contribution in [0.3, 0.4) is 0 Å². The molecule has 0 spiro atoms. The van der Waals surface area contributed by atoms with E-state index in [0.717, 1.165) is 17.5 Å². The van der Waals surface area contributed by atoms with Crippen LogP contribution in [0.25, 0.3) is 0 Å². The van der Waals surface area contributed by atoms with Crippen molar-refractivity contribution in [1.82, 2.24) is 0 Å². The average molecular weight is 335 g/mol. The van der Waals surface area contributed by atoms with Gasteiger partial charge in [0.05, 0.1) is 16.9 Å². The molecular formula is C19H15N2O4-. The van der Waals surface area contributed by atoms with Crippen LogP contribution in [0.15, 0.2) is 54.6 Å². The SMILES string of the molecule is O=C([O-])c1cccc2c1N[C@@H](c1ccc([N+](=O)[O-])cc1)[C@H]1CC=C[C@H]21. The van der Waals surface area contributed by atoms with Crippen molar-refractivity contribution in [2.24, 2.45) is 5.92 Å². The lowest BCUT2D eigenvalue weighted by molar-refractivity contribution is -0.384. The summed E-state index contributed by atoms with van der Waals surface area (Å²) in [4.78, 5) is 21.9. The van der Waals surface area contributed by atoms with Gasteiger partial charge in [0.15, 0.2) is 0 Å². The molecule has 0 bridgehead atoms. The minimum absolute atomic E-state index is 0.0384. The number of benzene rings is 2. The minimum atomic E-state index is -1.22. The van der Waals surface area contributed by atoms with Gasteiger partial charge in [-0.05, 0) is 23.5 Å². The van der Waals surface area contributed by atoms with Gasteiger partial charge in [0.1, 0.15) is 0 Å². The van der Waals surface area contributed by atoms with Crippen molar-refractivity contribution >= 4 is 17.3 Å². The van der Waals surface area contributed by atoms with Crippen molar-refractivity contribution in [3.8, 4) is 0 Å². The zero-order valence-corrected chi connectivity index (χ0v) is 13.2. The predicted octanol–water partition coefficient (Wildman–Crippen LogP) is 2.78. The summed E-state index contributed by atoms with van der Waals surface area (Å²) in [7, 11) is 0. The monoisotopic (exact) mass is 335 g/mol. The van der Waals surface area contributed by atoms with Crippen molar-refractivity contribution in [1.29, 1.82) is 0 Å². The smallest absolute Gasteiger partial charge is 0.269 e. The van der Waals surface area contributed by atoms with E-state index in [9.17, 15) is 20.0 Å². The number of carbonyl (C=O) groups excluding carboxylic acids is 1. The van der Waals surface area contributed by atoms with Crippen LogP contribution in [0, 0.1) is 16.0 Å². The number of rotatable bonds is 3. The number of hydrogen-bond acceptors (Lipinski definition) is 5. The number of carboxylic acids is 1. The maximum absolute atomic E-state index is 11.5. The lowest BCUT2D eigenvalue weighted by atomic mass is 9.76. The molecule has 2 aromatic carbocycles. The Hall–Kier alpha value is -3.15. The third kappa shape index (κ3) is 2.46. The summed E-state index contributed by atoms with van der Waals surface area (Å²) in [5.74, 6) is -0.853. The summed E-state index contributed by atoms with van der Waals surface area (Å²) in [6.45, 7) is 0. The number of carbonyl (C=O) groups is 1. The van der Waals surface area contributed by atoms with Gasteiger partial charge in [-0.25, -0.2) is 0 Å². The van der Waals surface area contributed by atoms with E-state index < -0.39 is 10.9 Å². The molecule has 3 atom stereocenters. The van der Waals surface area contributed by atoms with Crippen molar-refractivity contribution in [3.05, 3.63) is 81.4 Å². The number of carboxylic acid groups (broad SMARTS) is 1. The first-order chi connectivity index (χ1) is 12.1. The number of anilines is 1. The van der Waals surface area contributed by atoms with E-state index in [1.54, 1.807) is 18.2 Å². The maximum atomic E-state index is 11.5. The molecule has 0 unspecified atom stereocenters. The van der Waals surface area contributed by atoms with Gasteiger partial charge in [0.25, 0.3) is 5.69 Å². The second kappa shape index (κ2) is 5.73. The van der Waals surface area contributed by atoms with E-state index in [1.165, 1.54) is 18.2 Å². The van der Waals surface area contributed by atoms with Crippen LogP contribution in [-0.4, -0.2) is 10.9 Å². The predicted molar refractivity (Wildman–Crippen MR) is 90.2 cm³/mol. The molecule has 0 aromatic heterocycles. The first-order valence-electron chi connectivity index (χ1n) is 8.08. The first kappa shape index (κ1) is 15.4. The lowest BCUT2D eigenvalue weighted by Crippen LogP contribution is -2.32. The average Bonchev–Trinajstić information content (AvgIpc) is 3.10. The minimum Gasteiger partial charge on any atom is -0.545 e. The highest BCUT2D eigenvalue weighted by molar-refractivity contribution is 5.94. The zero-order valence-electron chi connectivity index (χ0n) is 13.2. The molecule has 1 heterocycles. The molecule has 0 saturated carbocycles. The molecule has 126 valence electrons. The fraction of sp³-hybridized carbons (Fsp3) is 0.211. The lowest BCUT2D eigenvalue weighted by Gasteiger charge is -2.38. The summed E-state index contributed by atoms with van der Waals surface area (Å²) < 4.78 is 0.